The summed E-state index contributed by atoms with van der Waals surface area (Å²) < 4.78 is 0. The normalized spacial score (nSPS) is 9.64. The number of halogens is 1. The molecular weight excluding hydrogens is 248 g/mol. The van der Waals surface area contributed by atoms with Gasteiger partial charge in [-0.25, -0.2) is 0 Å². The molecule has 0 bridgehead atoms. The molecule has 0 amide bonds. The molecule has 0 saturated heterocycles. The first kappa shape index (κ1) is 12.9. The minimum absolute atomic E-state index is 0. The minimum Gasteiger partial charge on any atom is -0.368 e. The Kier molecular flexibility index (Phi) is 5.14. The Bertz CT molecular complexity index is 269. The maximum absolute atomic E-state index is 5.38. The standard InChI is InChI=1S/C7H14N6.BrH/c1-4(2)3-10-7-12-5(8)11-6(9)13-7;/h4H,3H2,1-2H3,(H5,8,9,10,11,12,13);1H. The molecule has 0 unspecified atom stereocenters. The molecule has 0 aliphatic carbocycles. The van der Waals surface area contributed by atoms with E-state index in [-0.39, 0.29) is 28.9 Å². The summed E-state index contributed by atoms with van der Waals surface area (Å²) in [6.45, 7) is 4.95. The van der Waals surface area contributed by atoms with E-state index in [4.69, 9.17) is 11.5 Å². The molecule has 1 aromatic rings. The van der Waals surface area contributed by atoms with Crippen LogP contribution in [-0.2, 0) is 0 Å². The van der Waals surface area contributed by atoms with Gasteiger partial charge in [-0.15, -0.1) is 17.0 Å². The van der Waals surface area contributed by atoms with Gasteiger partial charge >= 0.3 is 0 Å². The second-order valence-corrected chi connectivity index (χ2v) is 3.15. The molecule has 7 heteroatoms. The third-order valence-electron chi connectivity index (χ3n) is 1.34. The number of aromatic nitrogens is 3. The molecule has 14 heavy (non-hydrogen) atoms. The van der Waals surface area contributed by atoms with Crippen LogP contribution in [0.15, 0.2) is 0 Å². The second kappa shape index (κ2) is 5.58. The van der Waals surface area contributed by atoms with Gasteiger partial charge in [0.2, 0.25) is 17.8 Å². The van der Waals surface area contributed by atoms with E-state index in [1.807, 2.05) is 0 Å². The highest BCUT2D eigenvalue weighted by molar-refractivity contribution is 8.93. The van der Waals surface area contributed by atoms with Crippen molar-refractivity contribution in [2.24, 2.45) is 5.92 Å². The lowest BCUT2D eigenvalue weighted by Gasteiger charge is -2.07. The molecular formula is C7H15BrN6. The molecule has 0 saturated carbocycles. The van der Waals surface area contributed by atoms with Crippen molar-refractivity contribution in [3.8, 4) is 0 Å². The van der Waals surface area contributed by atoms with Crippen LogP contribution in [0.5, 0.6) is 0 Å². The average Bonchev–Trinajstić information content (AvgIpc) is 1.99. The van der Waals surface area contributed by atoms with Gasteiger partial charge < -0.3 is 16.8 Å². The molecule has 0 atom stereocenters. The Labute approximate surface area is 93.3 Å². The quantitative estimate of drug-likeness (QED) is 0.741. The van der Waals surface area contributed by atoms with Crippen molar-refractivity contribution in [1.82, 2.24) is 15.0 Å². The van der Waals surface area contributed by atoms with Crippen molar-refractivity contribution in [2.45, 2.75) is 13.8 Å². The number of hydrogen-bond donors (Lipinski definition) is 3. The van der Waals surface area contributed by atoms with E-state index < -0.39 is 0 Å². The van der Waals surface area contributed by atoms with Crippen LogP contribution in [-0.4, -0.2) is 21.5 Å². The number of hydrogen-bond acceptors (Lipinski definition) is 6. The van der Waals surface area contributed by atoms with Crippen LogP contribution in [0.4, 0.5) is 17.8 Å². The molecule has 0 aliphatic rings. The summed E-state index contributed by atoms with van der Waals surface area (Å²) >= 11 is 0. The Balaban J connectivity index is 0.00000169. The van der Waals surface area contributed by atoms with Crippen molar-refractivity contribution >= 4 is 34.8 Å². The van der Waals surface area contributed by atoms with E-state index in [9.17, 15) is 0 Å². The second-order valence-electron chi connectivity index (χ2n) is 3.15. The van der Waals surface area contributed by atoms with Crippen LogP contribution >= 0.6 is 17.0 Å². The van der Waals surface area contributed by atoms with Crippen LogP contribution in [0.25, 0.3) is 0 Å². The van der Waals surface area contributed by atoms with Gasteiger partial charge in [-0.1, -0.05) is 13.8 Å². The monoisotopic (exact) mass is 262 g/mol. The van der Waals surface area contributed by atoms with Crippen LogP contribution in [0.2, 0.25) is 0 Å². The Hall–Kier alpha value is -1.11. The van der Waals surface area contributed by atoms with Gasteiger partial charge in [-0.3, -0.25) is 0 Å². The first-order valence-corrected chi connectivity index (χ1v) is 4.09. The van der Waals surface area contributed by atoms with E-state index in [0.717, 1.165) is 6.54 Å². The van der Waals surface area contributed by atoms with Gasteiger partial charge in [-0.2, -0.15) is 15.0 Å². The lowest BCUT2D eigenvalue weighted by atomic mass is 10.2. The molecule has 0 aromatic carbocycles. The highest BCUT2D eigenvalue weighted by Crippen LogP contribution is 2.04. The van der Waals surface area contributed by atoms with Gasteiger partial charge in [0.25, 0.3) is 0 Å². The zero-order chi connectivity index (χ0) is 9.84. The van der Waals surface area contributed by atoms with Crippen LogP contribution in [0, 0.1) is 5.92 Å². The summed E-state index contributed by atoms with van der Waals surface area (Å²) in [7, 11) is 0. The summed E-state index contributed by atoms with van der Waals surface area (Å²) in [4.78, 5) is 11.4. The molecule has 0 spiro atoms. The van der Waals surface area contributed by atoms with E-state index in [0.29, 0.717) is 11.9 Å². The van der Waals surface area contributed by atoms with E-state index in [1.165, 1.54) is 0 Å². The Morgan fingerprint density at radius 3 is 2.07 bits per heavy atom. The molecule has 6 nitrogen and oxygen atoms in total. The van der Waals surface area contributed by atoms with Crippen molar-refractivity contribution in [3.05, 3.63) is 0 Å². The summed E-state index contributed by atoms with van der Waals surface area (Å²) in [6.07, 6.45) is 0. The molecule has 1 heterocycles. The van der Waals surface area contributed by atoms with E-state index >= 15 is 0 Å². The summed E-state index contributed by atoms with van der Waals surface area (Å²) in [5.41, 5.74) is 10.8. The summed E-state index contributed by atoms with van der Waals surface area (Å²) in [5, 5.41) is 3.00. The third kappa shape index (κ3) is 4.22. The lowest BCUT2D eigenvalue weighted by molar-refractivity contribution is 0.684. The van der Waals surface area contributed by atoms with Crippen molar-refractivity contribution in [2.75, 3.05) is 23.3 Å². The number of rotatable bonds is 3. The minimum atomic E-state index is 0. The molecule has 0 fully saturated rings. The molecule has 5 N–H and O–H groups in total. The fourth-order valence-electron chi connectivity index (χ4n) is 0.784. The van der Waals surface area contributed by atoms with Crippen LogP contribution < -0.4 is 16.8 Å². The smallest absolute Gasteiger partial charge is 0.229 e. The summed E-state index contributed by atoms with van der Waals surface area (Å²) in [5.74, 6) is 1.22. The van der Waals surface area contributed by atoms with Crippen molar-refractivity contribution < 1.29 is 0 Å². The zero-order valence-corrected chi connectivity index (χ0v) is 9.90. The van der Waals surface area contributed by atoms with Crippen molar-refractivity contribution in [1.29, 1.82) is 0 Å². The first-order chi connectivity index (χ1) is 6.08. The maximum Gasteiger partial charge on any atom is 0.229 e. The van der Waals surface area contributed by atoms with Gasteiger partial charge in [0, 0.05) is 6.54 Å². The van der Waals surface area contributed by atoms with Crippen molar-refractivity contribution in [3.63, 3.8) is 0 Å². The Morgan fingerprint density at radius 2 is 1.64 bits per heavy atom. The molecule has 1 aromatic heterocycles. The van der Waals surface area contributed by atoms with Gasteiger partial charge in [0.15, 0.2) is 0 Å². The number of anilines is 3. The number of nitrogens with two attached hydrogens (primary N) is 2. The highest BCUT2D eigenvalue weighted by Gasteiger charge is 2.01. The molecule has 0 radical (unpaired) electrons. The molecule has 1 rings (SSSR count). The Morgan fingerprint density at radius 1 is 1.14 bits per heavy atom. The number of nitrogens with one attached hydrogen (secondary N) is 1. The van der Waals surface area contributed by atoms with Gasteiger partial charge in [0.1, 0.15) is 0 Å². The maximum atomic E-state index is 5.38. The van der Waals surface area contributed by atoms with Gasteiger partial charge in [0.05, 0.1) is 0 Å². The van der Waals surface area contributed by atoms with E-state index in [1.54, 1.807) is 0 Å². The van der Waals surface area contributed by atoms with Crippen LogP contribution in [0.3, 0.4) is 0 Å². The number of nitrogen functional groups attached to an aromatic ring is 2. The average molecular weight is 263 g/mol. The zero-order valence-electron chi connectivity index (χ0n) is 8.19. The topological polar surface area (TPSA) is 103 Å². The predicted molar refractivity (Wildman–Crippen MR) is 62.3 cm³/mol. The van der Waals surface area contributed by atoms with Gasteiger partial charge in [-0.05, 0) is 5.92 Å². The third-order valence-corrected chi connectivity index (χ3v) is 1.34. The SMILES string of the molecule is Br.CC(C)CNc1nc(N)nc(N)n1. The lowest BCUT2D eigenvalue weighted by Crippen LogP contribution is -2.13. The fraction of sp³-hybridized carbons (Fsp3) is 0.571. The van der Waals surface area contributed by atoms with Crippen LogP contribution in [0.1, 0.15) is 13.8 Å². The highest BCUT2D eigenvalue weighted by atomic mass is 79.9. The fourth-order valence-corrected chi connectivity index (χ4v) is 0.784. The first-order valence-electron chi connectivity index (χ1n) is 4.09. The predicted octanol–water partition coefficient (Wildman–Crippen LogP) is 0.682. The number of nitrogens with zero attached hydrogens (tertiary/aromatic N) is 3. The molecule has 80 valence electrons. The van der Waals surface area contributed by atoms with E-state index in [2.05, 4.69) is 34.1 Å². The largest absolute Gasteiger partial charge is 0.368 e. The molecule has 0 aliphatic heterocycles. The summed E-state index contributed by atoms with van der Waals surface area (Å²) in [6, 6.07) is 0.